The lowest BCUT2D eigenvalue weighted by Gasteiger charge is -2.10. The fraction of sp³-hybridized carbons (Fsp3) is 0. The maximum atomic E-state index is 6.88. The Morgan fingerprint density at radius 3 is 1.70 bits per heavy atom. The summed E-state index contributed by atoms with van der Waals surface area (Å²) in [5.74, 6) is 1.82. The molecule has 0 saturated heterocycles. The van der Waals surface area contributed by atoms with Gasteiger partial charge in [0, 0.05) is 53.2 Å². The number of furan rings is 1. The molecule has 0 N–H and O–H groups in total. The lowest BCUT2D eigenvalue weighted by Crippen LogP contribution is -2.00. The molecule has 3 aromatic heterocycles. The van der Waals surface area contributed by atoms with Crippen molar-refractivity contribution in [2.75, 3.05) is 0 Å². The smallest absolute Gasteiger partial charge is 0.164 e. The molecular weight excluding hydrogens is 703 g/mol. The van der Waals surface area contributed by atoms with E-state index >= 15 is 0 Å². The molecule has 0 aliphatic heterocycles. The number of aromatic nitrogens is 3. The molecule has 11 rings (SSSR count). The van der Waals surface area contributed by atoms with E-state index < -0.39 is 0 Å². The van der Waals surface area contributed by atoms with Crippen LogP contribution >= 0.6 is 11.3 Å². The summed E-state index contributed by atoms with van der Waals surface area (Å²) < 4.78 is 9.43. The molecule has 0 amide bonds. The molecule has 0 fully saturated rings. The van der Waals surface area contributed by atoms with Crippen LogP contribution in [0.15, 0.2) is 192 Å². The molecule has 0 spiro atoms. The van der Waals surface area contributed by atoms with Crippen LogP contribution < -0.4 is 0 Å². The van der Waals surface area contributed by atoms with Crippen molar-refractivity contribution < 1.29 is 4.42 Å². The first-order valence-corrected chi connectivity index (χ1v) is 19.5. The maximum absolute atomic E-state index is 6.88. The first kappa shape index (κ1) is 32.2. The fourth-order valence-corrected chi connectivity index (χ4v) is 9.13. The average molecular weight is 734 g/mol. The van der Waals surface area contributed by atoms with Crippen molar-refractivity contribution in [1.29, 1.82) is 0 Å². The van der Waals surface area contributed by atoms with E-state index in [9.17, 15) is 0 Å². The minimum Gasteiger partial charge on any atom is -0.455 e. The van der Waals surface area contributed by atoms with Gasteiger partial charge in [-0.3, -0.25) is 0 Å². The van der Waals surface area contributed by atoms with Crippen molar-refractivity contribution in [3.05, 3.63) is 188 Å². The number of para-hydroxylation sites is 1. The Labute approximate surface area is 327 Å². The van der Waals surface area contributed by atoms with Gasteiger partial charge in [-0.05, 0) is 52.1 Å². The first-order valence-electron chi connectivity index (χ1n) is 18.7. The Hall–Kier alpha value is -7.21. The van der Waals surface area contributed by atoms with Crippen LogP contribution in [-0.2, 0) is 0 Å². The van der Waals surface area contributed by atoms with Gasteiger partial charge in [0.15, 0.2) is 17.5 Å². The molecule has 0 aliphatic carbocycles. The van der Waals surface area contributed by atoms with E-state index in [1.165, 1.54) is 31.3 Å². The normalized spacial score (nSPS) is 11.6. The Balaban J connectivity index is 1.07. The average Bonchev–Trinajstić information content (AvgIpc) is 3.86. The van der Waals surface area contributed by atoms with Gasteiger partial charge in [0.2, 0.25) is 0 Å². The molecule has 0 aliphatic rings. The Bertz CT molecular complexity index is 3240. The van der Waals surface area contributed by atoms with Crippen LogP contribution in [-0.4, -0.2) is 15.0 Å². The number of thiophene rings is 1. The second-order valence-corrected chi connectivity index (χ2v) is 15.0. The molecule has 0 saturated carbocycles. The molecule has 5 heteroatoms. The van der Waals surface area contributed by atoms with Crippen LogP contribution in [0.2, 0.25) is 0 Å². The van der Waals surface area contributed by atoms with Gasteiger partial charge in [-0.15, -0.1) is 11.3 Å². The van der Waals surface area contributed by atoms with Gasteiger partial charge in [-0.2, -0.15) is 0 Å². The van der Waals surface area contributed by atoms with E-state index in [1.54, 1.807) is 0 Å². The number of hydrogen-bond donors (Lipinski definition) is 0. The van der Waals surface area contributed by atoms with E-state index in [1.807, 2.05) is 47.7 Å². The zero-order valence-electron chi connectivity index (χ0n) is 30.1. The lowest BCUT2D eigenvalue weighted by molar-refractivity contribution is 0.670. The van der Waals surface area contributed by atoms with E-state index in [4.69, 9.17) is 19.4 Å². The highest BCUT2D eigenvalue weighted by molar-refractivity contribution is 7.26. The van der Waals surface area contributed by atoms with E-state index in [2.05, 4.69) is 152 Å². The SMILES string of the molecule is c1ccc(-c2cccc(-c3nc(-c4ccccc4)nc(-c4ccc5c(c4)oc4c(-c6ccc(-c7ccccc7)c7sc8ccccc8c67)cccc45)n3)c2)cc1. The Morgan fingerprint density at radius 2 is 0.929 bits per heavy atom. The molecule has 0 radical (unpaired) electrons. The summed E-state index contributed by atoms with van der Waals surface area (Å²) in [6.45, 7) is 0. The third-order valence-electron chi connectivity index (χ3n) is 10.6. The van der Waals surface area contributed by atoms with Crippen molar-refractivity contribution in [1.82, 2.24) is 15.0 Å². The lowest BCUT2D eigenvalue weighted by atomic mass is 9.94. The quantitative estimate of drug-likeness (QED) is 0.171. The molecular formula is C51H31N3OS. The van der Waals surface area contributed by atoms with Crippen molar-refractivity contribution in [2.24, 2.45) is 0 Å². The van der Waals surface area contributed by atoms with E-state index in [0.717, 1.165) is 60.9 Å². The zero-order chi connectivity index (χ0) is 37.0. The molecule has 4 nitrogen and oxygen atoms in total. The van der Waals surface area contributed by atoms with E-state index in [-0.39, 0.29) is 0 Å². The summed E-state index contributed by atoms with van der Waals surface area (Å²) in [4.78, 5) is 15.1. The van der Waals surface area contributed by atoms with Crippen molar-refractivity contribution in [3.63, 3.8) is 0 Å². The molecule has 3 heterocycles. The van der Waals surface area contributed by atoms with Gasteiger partial charge in [-0.1, -0.05) is 164 Å². The second-order valence-electron chi connectivity index (χ2n) is 13.9. The molecule has 8 aromatic carbocycles. The van der Waals surface area contributed by atoms with Crippen LogP contribution in [0.3, 0.4) is 0 Å². The second kappa shape index (κ2) is 13.3. The van der Waals surface area contributed by atoms with Crippen LogP contribution in [0.1, 0.15) is 0 Å². The van der Waals surface area contributed by atoms with Gasteiger partial charge in [0.1, 0.15) is 11.2 Å². The predicted octanol–water partition coefficient (Wildman–Crippen LogP) is 14.1. The zero-order valence-corrected chi connectivity index (χ0v) is 30.9. The highest BCUT2D eigenvalue weighted by atomic mass is 32.1. The molecule has 0 bridgehead atoms. The van der Waals surface area contributed by atoms with Crippen LogP contribution in [0.4, 0.5) is 0 Å². The minimum absolute atomic E-state index is 0.587. The molecule has 0 unspecified atom stereocenters. The van der Waals surface area contributed by atoms with Crippen molar-refractivity contribution >= 4 is 53.4 Å². The monoisotopic (exact) mass is 733 g/mol. The summed E-state index contributed by atoms with van der Waals surface area (Å²) in [6, 6.07) is 65.5. The Morgan fingerprint density at radius 1 is 0.357 bits per heavy atom. The standard InChI is InChI=1S/C51H31N3OS/c1-4-14-32(15-5-1)35-20-12-21-36(30-35)50-52-49(34-18-8-3-9-19-34)53-51(54-50)37-26-27-39-41-23-13-24-42(47(41)55-44(39)31-37)40-29-28-38(33-16-6-2-7-17-33)48-46(40)43-22-10-11-25-45(43)56-48/h1-31H. The highest BCUT2D eigenvalue weighted by Crippen LogP contribution is 2.47. The topological polar surface area (TPSA) is 51.8 Å². The van der Waals surface area contributed by atoms with Crippen LogP contribution in [0.25, 0.3) is 110 Å². The van der Waals surface area contributed by atoms with Crippen molar-refractivity contribution in [3.8, 4) is 67.5 Å². The summed E-state index contributed by atoms with van der Waals surface area (Å²) >= 11 is 1.85. The van der Waals surface area contributed by atoms with Gasteiger partial charge < -0.3 is 4.42 Å². The van der Waals surface area contributed by atoms with E-state index in [0.29, 0.717) is 17.5 Å². The Kier molecular flexibility index (Phi) is 7.64. The summed E-state index contributed by atoms with van der Waals surface area (Å²) in [7, 11) is 0. The largest absolute Gasteiger partial charge is 0.455 e. The highest BCUT2D eigenvalue weighted by Gasteiger charge is 2.20. The molecule has 11 aromatic rings. The van der Waals surface area contributed by atoms with Crippen molar-refractivity contribution in [2.45, 2.75) is 0 Å². The minimum atomic E-state index is 0.587. The number of hydrogen-bond acceptors (Lipinski definition) is 5. The number of benzene rings is 8. The number of nitrogens with zero attached hydrogens (tertiary/aromatic N) is 3. The number of rotatable bonds is 6. The summed E-state index contributed by atoms with van der Waals surface area (Å²) in [5.41, 5.74) is 11.3. The van der Waals surface area contributed by atoms with Crippen LogP contribution in [0.5, 0.6) is 0 Å². The maximum Gasteiger partial charge on any atom is 0.164 e. The third-order valence-corrected chi connectivity index (χ3v) is 11.8. The molecule has 0 atom stereocenters. The third kappa shape index (κ3) is 5.48. The number of fused-ring (bicyclic) bond motifs is 6. The van der Waals surface area contributed by atoms with Gasteiger partial charge in [0.05, 0.1) is 0 Å². The first-order chi connectivity index (χ1) is 27.7. The predicted molar refractivity (Wildman–Crippen MR) is 233 cm³/mol. The fourth-order valence-electron chi connectivity index (χ4n) is 7.87. The molecule has 56 heavy (non-hydrogen) atoms. The van der Waals surface area contributed by atoms with Crippen LogP contribution in [0, 0.1) is 0 Å². The summed E-state index contributed by atoms with van der Waals surface area (Å²) in [5, 5.41) is 4.63. The summed E-state index contributed by atoms with van der Waals surface area (Å²) in [6.07, 6.45) is 0. The van der Waals surface area contributed by atoms with Gasteiger partial charge >= 0.3 is 0 Å². The van der Waals surface area contributed by atoms with Gasteiger partial charge in [0.25, 0.3) is 0 Å². The molecule has 262 valence electrons. The van der Waals surface area contributed by atoms with Gasteiger partial charge in [-0.25, -0.2) is 15.0 Å².